The lowest BCUT2D eigenvalue weighted by molar-refractivity contribution is -0.117. The molecule has 1 aromatic heterocycles. The second-order valence-electron chi connectivity index (χ2n) is 8.02. The quantitative estimate of drug-likeness (QED) is 0.338. The number of hydrogen-bond donors (Lipinski definition) is 0. The van der Waals surface area contributed by atoms with Crippen LogP contribution >= 0.6 is 11.8 Å². The summed E-state index contributed by atoms with van der Waals surface area (Å²) < 4.78 is 1.62. The van der Waals surface area contributed by atoms with Crippen LogP contribution in [0.5, 0.6) is 0 Å². The van der Waals surface area contributed by atoms with Gasteiger partial charge in [-0.3, -0.25) is 14.2 Å². The van der Waals surface area contributed by atoms with Crippen molar-refractivity contribution >= 4 is 34.3 Å². The van der Waals surface area contributed by atoms with Crippen molar-refractivity contribution in [2.75, 3.05) is 11.4 Å². The molecular weight excluding hydrogens is 418 g/mol. The average molecular weight is 442 g/mol. The summed E-state index contributed by atoms with van der Waals surface area (Å²) in [6.45, 7) is 4.57. The molecule has 0 unspecified atom stereocenters. The van der Waals surface area contributed by atoms with Crippen LogP contribution in [0, 0.1) is 6.92 Å². The van der Waals surface area contributed by atoms with Crippen molar-refractivity contribution in [3.63, 3.8) is 0 Å². The number of nitrogens with zero attached hydrogens (tertiary/aromatic N) is 3. The van der Waals surface area contributed by atoms with Crippen molar-refractivity contribution in [1.82, 2.24) is 9.55 Å². The van der Waals surface area contributed by atoms with Crippen LogP contribution in [0.3, 0.4) is 0 Å². The Morgan fingerprint density at radius 3 is 2.53 bits per heavy atom. The normalized spacial score (nSPS) is 13.9. The zero-order valence-corrected chi connectivity index (χ0v) is 18.8. The highest BCUT2D eigenvalue weighted by molar-refractivity contribution is 8.00. The largest absolute Gasteiger partial charge is 0.311 e. The Balaban J connectivity index is 1.55. The van der Waals surface area contributed by atoms with Gasteiger partial charge in [0.25, 0.3) is 5.56 Å². The van der Waals surface area contributed by atoms with Crippen LogP contribution in [-0.4, -0.2) is 27.3 Å². The molecule has 0 fully saturated rings. The van der Waals surface area contributed by atoms with Crippen molar-refractivity contribution in [2.45, 2.75) is 30.7 Å². The third-order valence-corrected chi connectivity index (χ3v) is 6.86. The highest BCUT2D eigenvalue weighted by Crippen LogP contribution is 2.32. The van der Waals surface area contributed by atoms with E-state index in [4.69, 9.17) is 4.98 Å². The number of carbonyl (C=O) groups excluding carboxylic acids is 1. The van der Waals surface area contributed by atoms with Gasteiger partial charge >= 0.3 is 0 Å². The number of aryl methyl sites for hydroxylation is 1. The Morgan fingerprint density at radius 2 is 1.72 bits per heavy atom. The van der Waals surface area contributed by atoms with E-state index in [1.165, 1.54) is 17.3 Å². The summed E-state index contributed by atoms with van der Waals surface area (Å²) in [7, 11) is 0. The van der Waals surface area contributed by atoms with Gasteiger partial charge in [0.2, 0.25) is 5.91 Å². The number of benzene rings is 3. The molecule has 3 aromatic carbocycles. The van der Waals surface area contributed by atoms with E-state index in [2.05, 4.69) is 6.07 Å². The van der Waals surface area contributed by atoms with Gasteiger partial charge in [-0.2, -0.15) is 0 Å². The maximum absolute atomic E-state index is 13.4. The summed E-state index contributed by atoms with van der Waals surface area (Å²) in [4.78, 5) is 33.4. The Morgan fingerprint density at radius 1 is 1.00 bits per heavy atom. The number of rotatable bonds is 4. The molecule has 1 atom stereocenters. The first-order chi connectivity index (χ1) is 15.5. The number of hydrogen-bond acceptors (Lipinski definition) is 4. The second kappa shape index (κ2) is 8.28. The second-order valence-corrected chi connectivity index (χ2v) is 9.32. The minimum absolute atomic E-state index is 0.0258. The number of fused-ring (bicyclic) bond motifs is 2. The van der Waals surface area contributed by atoms with Gasteiger partial charge in [0.05, 0.1) is 21.8 Å². The van der Waals surface area contributed by atoms with Gasteiger partial charge in [0.15, 0.2) is 5.16 Å². The summed E-state index contributed by atoms with van der Waals surface area (Å²) in [6.07, 6.45) is 0.863. The number of anilines is 1. The fourth-order valence-corrected chi connectivity index (χ4v) is 5.10. The first-order valence-electron chi connectivity index (χ1n) is 10.7. The molecule has 0 spiro atoms. The van der Waals surface area contributed by atoms with Gasteiger partial charge in [-0.25, -0.2) is 4.98 Å². The fraction of sp³-hybridized carbons (Fsp3) is 0.192. The molecule has 0 saturated heterocycles. The highest BCUT2D eigenvalue weighted by atomic mass is 32.2. The van der Waals surface area contributed by atoms with Crippen LogP contribution in [0.1, 0.15) is 18.1 Å². The maximum Gasteiger partial charge on any atom is 0.266 e. The van der Waals surface area contributed by atoms with Gasteiger partial charge in [-0.05, 0) is 56.2 Å². The summed E-state index contributed by atoms with van der Waals surface area (Å²) in [5.74, 6) is 0.0258. The topological polar surface area (TPSA) is 55.2 Å². The molecule has 1 aliphatic rings. The van der Waals surface area contributed by atoms with Crippen molar-refractivity contribution in [3.05, 3.63) is 94.3 Å². The Bertz CT molecular complexity index is 1380. The van der Waals surface area contributed by atoms with Crippen molar-refractivity contribution < 1.29 is 4.79 Å². The summed E-state index contributed by atoms with van der Waals surface area (Å²) in [5.41, 5.74) is 4.53. The van der Waals surface area contributed by atoms with Crippen molar-refractivity contribution in [1.29, 1.82) is 0 Å². The van der Waals surface area contributed by atoms with Crippen molar-refractivity contribution in [2.24, 2.45) is 0 Å². The first kappa shape index (κ1) is 20.5. The average Bonchev–Trinajstić information content (AvgIpc) is 3.24. The third kappa shape index (κ3) is 3.60. The fourth-order valence-electron chi connectivity index (χ4n) is 4.11. The van der Waals surface area contributed by atoms with E-state index in [0.29, 0.717) is 22.6 Å². The SMILES string of the molecule is Cc1ccc(-n2c(S[C@H](C)C(=O)N3CCc4ccccc43)nc3ccccc3c2=O)cc1. The minimum Gasteiger partial charge on any atom is -0.311 e. The molecule has 5 rings (SSSR count). The molecule has 1 aliphatic heterocycles. The van der Waals surface area contributed by atoms with Crippen LogP contribution in [0.4, 0.5) is 5.69 Å². The van der Waals surface area contributed by atoms with E-state index in [9.17, 15) is 9.59 Å². The van der Waals surface area contributed by atoms with Gasteiger partial charge in [-0.15, -0.1) is 0 Å². The lowest BCUT2D eigenvalue weighted by atomic mass is 10.2. The highest BCUT2D eigenvalue weighted by Gasteiger charge is 2.29. The van der Waals surface area contributed by atoms with Crippen LogP contribution in [0.25, 0.3) is 16.6 Å². The van der Waals surface area contributed by atoms with E-state index in [1.807, 2.05) is 79.4 Å². The molecule has 160 valence electrons. The number of amides is 1. The van der Waals surface area contributed by atoms with E-state index >= 15 is 0 Å². The number of thioether (sulfide) groups is 1. The van der Waals surface area contributed by atoms with Crippen molar-refractivity contribution in [3.8, 4) is 5.69 Å². The molecule has 0 saturated carbocycles. The molecule has 0 radical (unpaired) electrons. The molecule has 32 heavy (non-hydrogen) atoms. The maximum atomic E-state index is 13.4. The molecule has 0 aliphatic carbocycles. The van der Waals surface area contributed by atoms with E-state index in [-0.39, 0.29) is 11.5 Å². The summed E-state index contributed by atoms with van der Waals surface area (Å²) in [6, 6.07) is 23.1. The van der Waals surface area contributed by atoms with E-state index in [0.717, 1.165) is 23.4 Å². The third-order valence-electron chi connectivity index (χ3n) is 5.82. The first-order valence-corrected chi connectivity index (χ1v) is 11.6. The molecule has 6 heteroatoms. The number of para-hydroxylation sites is 2. The van der Waals surface area contributed by atoms with Gasteiger partial charge in [0, 0.05) is 12.2 Å². The Hall–Kier alpha value is -3.38. The van der Waals surface area contributed by atoms with Crippen LogP contribution < -0.4 is 10.5 Å². The Labute approximate surface area is 190 Å². The van der Waals surface area contributed by atoms with Gasteiger partial charge in [-0.1, -0.05) is 59.8 Å². The van der Waals surface area contributed by atoms with Gasteiger partial charge in [0.1, 0.15) is 0 Å². The van der Waals surface area contributed by atoms with E-state index < -0.39 is 5.25 Å². The molecule has 5 nitrogen and oxygen atoms in total. The van der Waals surface area contributed by atoms with Crippen LogP contribution in [0.15, 0.2) is 82.7 Å². The lowest BCUT2D eigenvalue weighted by Crippen LogP contribution is -2.35. The summed E-state index contributed by atoms with van der Waals surface area (Å²) >= 11 is 1.33. The smallest absolute Gasteiger partial charge is 0.266 e. The van der Waals surface area contributed by atoms with Gasteiger partial charge < -0.3 is 4.90 Å². The molecule has 2 heterocycles. The molecule has 4 aromatic rings. The lowest BCUT2D eigenvalue weighted by Gasteiger charge is -2.22. The predicted octanol–water partition coefficient (Wildman–Crippen LogP) is 4.76. The zero-order chi connectivity index (χ0) is 22.2. The van der Waals surface area contributed by atoms with Crippen LogP contribution in [-0.2, 0) is 11.2 Å². The number of carbonyl (C=O) groups is 1. The summed E-state index contributed by atoms with van der Waals surface area (Å²) in [5, 5.41) is 0.682. The standard InChI is InChI=1S/C26H23N3O2S/c1-17-11-13-20(14-12-17)29-25(31)21-8-4-5-9-22(21)27-26(29)32-18(2)24(30)28-16-15-19-7-3-6-10-23(19)28/h3-14,18H,15-16H2,1-2H3/t18-/m1/s1. The number of aromatic nitrogens is 2. The monoisotopic (exact) mass is 441 g/mol. The molecule has 0 bridgehead atoms. The molecule has 0 N–H and O–H groups in total. The Kier molecular flexibility index (Phi) is 5.31. The van der Waals surface area contributed by atoms with Crippen LogP contribution in [0.2, 0.25) is 0 Å². The van der Waals surface area contributed by atoms with E-state index in [1.54, 1.807) is 10.6 Å². The minimum atomic E-state index is -0.397. The zero-order valence-electron chi connectivity index (χ0n) is 18.0. The predicted molar refractivity (Wildman–Crippen MR) is 130 cm³/mol. The molecule has 1 amide bonds. The molecular formula is C26H23N3O2S.